The van der Waals surface area contributed by atoms with E-state index in [0.29, 0.717) is 10.7 Å². The molecule has 2 N–H and O–H groups in total. The van der Waals surface area contributed by atoms with Crippen LogP contribution in [0.15, 0.2) is 18.3 Å². The molecule has 0 aliphatic heterocycles. The van der Waals surface area contributed by atoms with Crippen molar-refractivity contribution in [3.05, 3.63) is 29.1 Å². The third-order valence-corrected chi connectivity index (χ3v) is 1.95. The first kappa shape index (κ1) is 10.4. The first-order valence-corrected chi connectivity index (χ1v) is 4.93. The summed E-state index contributed by atoms with van der Waals surface area (Å²) in [5, 5.41) is 0.559. The van der Waals surface area contributed by atoms with E-state index >= 15 is 0 Å². The molecule has 70 valence electrons. The van der Waals surface area contributed by atoms with Crippen LogP contribution in [0.1, 0.15) is 12.1 Å². The Balaban J connectivity index is 2.77. The molecule has 0 bridgehead atoms. The Hall–Kier alpha value is -0.670. The van der Waals surface area contributed by atoms with Crippen molar-refractivity contribution in [2.24, 2.45) is 0 Å². The van der Waals surface area contributed by atoms with Gasteiger partial charge in [-0.2, -0.15) is 12.6 Å². The summed E-state index contributed by atoms with van der Waals surface area (Å²) in [5.41, 5.74) is 7.04. The smallest absolute Gasteiger partial charge is 0.0856 e. The van der Waals surface area contributed by atoms with Crippen molar-refractivity contribution < 1.29 is 0 Å². The van der Waals surface area contributed by atoms with E-state index in [0.717, 1.165) is 17.9 Å². The van der Waals surface area contributed by atoms with Gasteiger partial charge < -0.3 is 5.73 Å². The minimum Gasteiger partial charge on any atom is -0.397 e. The van der Waals surface area contributed by atoms with Crippen molar-refractivity contribution in [3.63, 3.8) is 0 Å². The average molecular weight is 215 g/mol. The number of hydrogen-bond donors (Lipinski definition) is 2. The molecular formula is C9H11ClN2S. The lowest BCUT2D eigenvalue weighted by atomic mass is 10.2. The first-order valence-electron chi connectivity index (χ1n) is 3.92. The normalized spacial score (nSPS) is 10.9. The predicted octanol–water partition coefficient (Wildman–Crippen LogP) is 2.65. The largest absolute Gasteiger partial charge is 0.397 e. The van der Waals surface area contributed by atoms with Gasteiger partial charge in [0.15, 0.2) is 0 Å². The monoisotopic (exact) mass is 214 g/mol. The highest BCUT2D eigenvalue weighted by Crippen LogP contribution is 2.16. The van der Waals surface area contributed by atoms with Crippen LogP contribution in [0.2, 0.25) is 5.02 Å². The van der Waals surface area contributed by atoms with E-state index in [2.05, 4.69) is 17.6 Å². The number of aromatic nitrogens is 1. The van der Waals surface area contributed by atoms with Crippen molar-refractivity contribution in [2.45, 2.75) is 6.42 Å². The second-order valence-electron chi connectivity index (χ2n) is 2.54. The molecule has 0 aliphatic carbocycles. The zero-order chi connectivity index (χ0) is 9.68. The summed E-state index contributed by atoms with van der Waals surface area (Å²) in [6, 6.07) is 1.69. The van der Waals surface area contributed by atoms with Gasteiger partial charge in [-0.3, -0.25) is 4.98 Å². The summed E-state index contributed by atoms with van der Waals surface area (Å²) in [7, 11) is 0. The minimum atomic E-state index is 0.559. The number of nitrogens with two attached hydrogens (primary N) is 1. The number of nitrogen functional groups attached to an aromatic ring is 1. The molecule has 0 aliphatic rings. The third kappa shape index (κ3) is 3.28. The lowest BCUT2D eigenvalue weighted by Gasteiger charge is -1.98. The van der Waals surface area contributed by atoms with Gasteiger partial charge in [0.25, 0.3) is 0 Å². The molecular weight excluding hydrogens is 204 g/mol. The number of hydrogen-bond acceptors (Lipinski definition) is 3. The summed E-state index contributed by atoms with van der Waals surface area (Å²) < 4.78 is 0. The highest BCUT2D eigenvalue weighted by molar-refractivity contribution is 7.80. The molecule has 1 aromatic heterocycles. The fraction of sp³-hybridized carbons (Fsp3) is 0.222. The van der Waals surface area contributed by atoms with E-state index in [1.165, 1.54) is 0 Å². The fourth-order valence-corrected chi connectivity index (χ4v) is 1.19. The molecule has 2 nitrogen and oxygen atoms in total. The highest BCUT2D eigenvalue weighted by Gasteiger charge is 1.96. The van der Waals surface area contributed by atoms with Crippen LogP contribution in [0.25, 0.3) is 6.08 Å². The van der Waals surface area contributed by atoms with Gasteiger partial charge in [-0.05, 0) is 24.3 Å². The van der Waals surface area contributed by atoms with Crippen LogP contribution in [-0.2, 0) is 0 Å². The Bertz CT molecular complexity index is 312. The number of thiol groups is 1. The van der Waals surface area contributed by atoms with Crippen LogP contribution in [-0.4, -0.2) is 10.7 Å². The number of nitrogens with zero attached hydrogens (tertiary/aromatic N) is 1. The van der Waals surface area contributed by atoms with Gasteiger partial charge in [0.1, 0.15) is 0 Å². The van der Waals surface area contributed by atoms with Crippen LogP contribution < -0.4 is 5.73 Å². The van der Waals surface area contributed by atoms with Crippen molar-refractivity contribution in [1.29, 1.82) is 0 Å². The van der Waals surface area contributed by atoms with Crippen LogP contribution in [0.3, 0.4) is 0 Å². The number of halogens is 1. The number of allylic oxidation sites excluding steroid dienone is 1. The molecule has 0 fully saturated rings. The lowest BCUT2D eigenvalue weighted by Crippen LogP contribution is -1.91. The first-order chi connectivity index (χ1) is 6.24. The van der Waals surface area contributed by atoms with Crippen LogP contribution in [0.5, 0.6) is 0 Å². The zero-order valence-electron chi connectivity index (χ0n) is 7.07. The minimum absolute atomic E-state index is 0.559. The molecule has 0 atom stereocenters. The van der Waals surface area contributed by atoms with Gasteiger partial charge in [0.05, 0.1) is 16.4 Å². The Morgan fingerprint density at radius 3 is 3.00 bits per heavy atom. The topological polar surface area (TPSA) is 38.9 Å². The Morgan fingerprint density at radius 2 is 2.38 bits per heavy atom. The van der Waals surface area contributed by atoms with Crippen LogP contribution >= 0.6 is 24.2 Å². The quantitative estimate of drug-likeness (QED) is 0.760. The molecule has 0 spiro atoms. The molecule has 0 radical (unpaired) electrons. The van der Waals surface area contributed by atoms with E-state index in [1.807, 2.05) is 12.2 Å². The summed E-state index contributed by atoms with van der Waals surface area (Å²) in [6.07, 6.45) is 6.35. The van der Waals surface area contributed by atoms with Gasteiger partial charge in [0.2, 0.25) is 0 Å². The fourth-order valence-electron chi connectivity index (χ4n) is 0.874. The molecule has 1 heterocycles. The molecule has 1 aromatic rings. The van der Waals surface area contributed by atoms with E-state index in [-0.39, 0.29) is 0 Å². The lowest BCUT2D eigenvalue weighted by molar-refractivity contribution is 1.25. The number of anilines is 1. The molecule has 0 amide bonds. The summed E-state index contributed by atoms with van der Waals surface area (Å²) in [6.45, 7) is 0. The molecule has 0 saturated carbocycles. The average Bonchev–Trinajstić information content (AvgIpc) is 2.09. The van der Waals surface area contributed by atoms with E-state index in [9.17, 15) is 0 Å². The van der Waals surface area contributed by atoms with Crippen molar-refractivity contribution in [3.8, 4) is 0 Å². The summed E-state index contributed by atoms with van der Waals surface area (Å²) in [5.74, 6) is 0.823. The molecule has 0 aromatic carbocycles. The molecule has 0 saturated heterocycles. The zero-order valence-corrected chi connectivity index (χ0v) is 8.72. The Labute approximate surface area is 88.2 Å². The second-order valence-corrected chi connectivity index (χ2v) is 3.43. The summed E-state index contributed by atoms with van der Waals surface area (Å²) in [4.78, 5) is 4.08. The maximum atomic E-state index is 5.70. The van der Waals surface area contributed by atoms with Gasteiger partial charge in [-0.15, -0.1) is 0 Å². The standard InChI is InChI=1S/C9H11ClN2S/c10-7-5-8(11)9(12-6-7)3-1-2-4-13/h1,3,5-6,13H,2,4,11H2. The van der Waals surface area contributed by atoms with Crippen molar-refractivity contribution >= 4 is 36.0 Å². The van der Waals surface area contributed by atoms with E-state index < -0.39 is 0 Å². The predicted molar refractivity (Wildman–Crippen MR) is 61.2 cm³/mol. The van der Waals surface area contributed by atoms with Crippen molar-refractivity contribution in [1.82, 2.24) is 4.98 Å². The van der Waals surface area contributed by atoms with Crippen LogP contribution in [0.4, 0.5) is 5.69 Å². The van der Waals surface area contributed by atoms with Gasteiger partial charge in [-0.25, -0.2) is 0 Å². The highest BCUT2D eigenvalue weighted by atomic mass is 35.5. The van der Waals surface area contributed by atoms with Gasteiger partial charge in [-0.1, -0.05) is 17.7 Å². The maximum Gasteiger partial charge on any atom is 0.0856 e. The molecule has 4 heteroatoms. The third-order valence-electron chi connectivity index (χ3n) is 1.49. The Morgan fingerprint density at radius 1 is 1.62 bits per heavy atom. The SMILES string of the molecule is Nc1cc(Cl)cnc1C=CCCS. The number of rotatable bonds is 3. The van der Waals surface area contributed by atoms with E-state index in [4.69, 9.17) is 17.3 Å². The van der Waals surface area contributed by atoms with E-state index in [1.54, 1.807) is 12.3 Å². The Kier molecular flexibility index (Phi) is 4.12. The molecule has 1 rings (SSSR count). The molecule has 13 heavy (non-hydrogen) atoms. The van der Waals surface area contributed by atoms with Gasteiger partial charge >= 0.3 is 0 Å². The van der Waals surface area contributed by atoms with Crippen LogP contribution in [0, 0.1) is 0 Å². The molecule has 0 unspecified atom stereocenters. The maximum absolute atomic E-state index is 5.70. The second kappa shape index (κ2) is 5.14. The van der Waals surface area contributed by atoms with Gasteiger partial charge in [0, 0.05) is 6.20 Å². The summed E-state index contributed by atoms with van der Waals surface area (Å²) >= 11 is 9.78. The number of pyridine rings is 1. The van der Waals surface area contributed by atoms with Crippen molar-refractivity contribution in [2.75, 3.05) is 11.5 Å².